The first-order valence-electron chi connectivity index (χ1n) is 8.32. The van der Waals surface area contributed by atoms with Crippen molar-refractivity contribution in [1.82, 2.24) is 14.5 Å². The molecule has 1 N–H and O–H groups in total. The molecule has 0 atom stereocenters. The van der Waals surface area contributed by atoms with Gasteiger partial charge in [-0.2, -0.15) is 0 Å². The number of nitrogens with zero attached hydrogens (tertiary/aromatic N) is 2. The molecule has 0 radical (unpaired) electrons. The van der Waals surface area contributed by atoms with Gasteiger partial charge < -0.3 is 10.2 Å². The Morgan fingerprint density at radius 2 is 1.76 bits per heavy atom. The summed E-state index contributed by atoms with van der Waals surface area (Å²) in [6.45, 7) is 5.57. The van der Waals surface area contributed by atoms with Crippen LogP contribution in [0.1, 0.15) is 37.0 Å². The number of hydrogen-bond donors (Lipinski definition) is 1. The van der Waals surface area contributed by atoms with Crippen molar-refractivity contribution in [3.8, 4) is 0 Å². The Morgan fingerprint density at radius 1 is 1.12 bits per heavy atom. The molecule has 0 fully saturated rings. The van der Waals surface area contributed by atoms with E-state index in [0.29, 0.717) is 32.5 Å². The Hall–Kier alpha value is -1.93. The monoisotopic (exact) mass is 369 g/mol. The Morgan fingerprint density at radius 3 is 2.32 bits per heavy atom. The van der Waals surface area contributed by atoms with Gasteiger partial charge in [-0.15, -0.1) is 0 Å². The van der Waals surface area contributed by atoms with E-state index in [-0.39, 0.29) is 22.3 Å². The maximum absolute atomic E-state index is 12.2. The number of hydrogen-bond acceptors (Lipinski definition) is 4. The average Bonchev–Trinajstić information content (AvgIpc) is 2.59. The van der Waals surface area contributed by atoms with Crippen LogP contribution in [0.4, 0.5) is 0 Å². The third-order valence-corrected chi connectivity index (χ3v) is 5.66. The number of carbonyl (C=O) groups excluding carboxylic acids is 2. The van der Waals surface area contributed by atoms with Gasteiger partial charge in [0.2, 0.25) is 15.9 Å². The molecule has 1 rings (SSSR count). The van der Waals surface area contributed by atoms with Crippen LogP contribution >= 0.6 is 0 Å². The Kier molecular flexibility index (Phi) is 8.05. The summed E-state index contributed by atoms with van der Waals surface area (Å²) < 4.78 is 25.3. The van der Waals surface area contributed by atoms with Crippen LogP contribution in [-0.2, 0) is 14.8 Å². The summed E-state index contributed by atoms with van der Waals surface area (Å²) in [6, 6.07) is 5.90. The largest absolute Gasteiger partial charge is 0.352 e. The van der Waals surface area contributed by atoms with Gasteiger partial charge in [0, 0.05) is 45.7 Å². The second-order valence-corrected chi connectivity index (χ2v) is 7.89. The standard InChI is InChI=1S/C17H27N3O4S/c1-5-20(6-2)16(21)11-8-12-18-17(22)14-9-7-10-15(13-14)25(23,24)19(3)4/h7,9-10,13H,5-6,8,11-12H2,1-4H3,(H,18,22). The molecule has 0 heterocycles. The number of amides is 2. The van der Waals surface area contributed by atoms with Crippen molar-refractivity contribution in [2.24, 2.45) is 0 Å². The molecule has 7 nitrogen and oxygen atoms in total. The van der Waals surface area contributed by atoms with E-state index in [1.165, 1.54) is 32.3 Å². The second-order valence-electron chi connectivity index (χ2n) is 5.74. The van der Waals surface area contributed by atoms with Crippen LogP contribution in [-0.4, -0.2) is 63.2 Å². The lowest BCUT2D eigenvalue weighted by Gasteiger charge is -2.18. The van der Waals surface area contributed by atoms with Gasteiger partial charge in [0.25, 0.3) is 5.91 Å². The highest BCUT2D eigenvalue weighted by Gasteiger charge is 2.18. The normalized spacial score (nSPS) is 11.4. The van der Waals surface area contributed by atoms with Crippen molar-refractivity contribution < 1.29 is 18.0 Å². The minimum Gasteiger partial charge on any atom is -0.352 e. The zero-order valence-electron chi connectivity index (χ0n) is 15.3. The quantitative estimate of drug-likeness (QED) is 0.665. The van der Waals surface area contributed by atoms with Gasteiger partial charge in [-0.3, -0.25) is 9.59 Å². The van der Waals surface area contributed by atoms with E-state index in [2.05, 4.69) is 5.32 Å². The lowest BCUT2D eigenvalue weighted by atomic mass is 10.2. The molecule has 0 aliphatic heterocycles. The third-order valence-electron chi connectivity index (χ3n) is 3.84. The first-order chi connectivity index (χ1) is 11.7. The number of benzene rings is 1. The molecule has 1 aromatic rings. The predicted octanol–water partition coefficient (Wildman–Crippen LogP) is 1.32. The number of rotatable bonds is 9. The summed E-state index contributed by atoms with van der Waals surface area (Å²) in [4.78, 5) is 25.9. The molecule has 1 aromatic carbocycles. The summed E-state index contributed by atoms with van der Waals surface area (Å²) in [5.74, 6) is -0.288. The summed E-state index contributed by atoms with van der Waals surface area (Å²) in [5, 5.41) is 2.72. The summed E-state index contributed by atoms with van der Waals surface area (Å²) in [5.41, 5.74) is 0.276. The summed E-state index contributed by atoms with van der Waals surface area (Å²) in [6.07, 6.45) is 0.910. The lowest BCUT2D eigenvalue weighted by molar-refractivity contribution is -0.130. The molecular weight excluding hydrogens is 342 g/mol. The van der Waals surface area contributed by atoms with E-state index >= 15 is 0 Å². The van der Waals surface area contributed by atoms with Gasteiger partial charge in [0.05, 0.1) is 4.90 Å². The molecule has 0 aliphatic carbocycles. The van der Waals surface area contributed by atoms with E-state index in [9.17, 15) is 18.0 Å². The Balaban J connectivity index is 2.61. The van der Waals surface area contributed by atoms with Crippen LogP contribution in [0.5, 0.6) is 0 Å². The van der Waals surface area contributed by atoms with Gasteiger partial charge >= 0.3 is 0 Å². The SMILES string of the molecule is CCN(CC)C(=O)CCCNC(=O)c1cccc(S(=O)(=O)N(C)C)c1. The minimum atomic E-state index is -3.58. The molecule has 0 spiro atoms. The van der Waals surface area contributed by atoms with Crippen molar-refractivity contribution in [2.45, 2.75) is 31.6 Å². The molecule has 0 aliphatic rings. The molecule has 140 valence electrons. The Bertz CT molecular complexity index is 698. The number of sulfonamides is 1. The van der Waals surface area contributed by atoms with Crippen molar-refractivity contribution in [1.29, 1.82) is 0 Å². The highest BCUT2D eigenvalue weighted by Crippen LogP contribution is 2.14. The van der Waals surface area contributed by atoms with E-state index < -0.39 is 10.0 Å². The van der Waals surface area contributed by atoms with E-state index in [1.54, 1.807) is 11.0 Å². The zero-order valence-corrected chi connectivity index (χ0v) is 16.1. The molecule has 2 amide bonds. The maximum Gasteiger partial charge on any atom is 0.251 e. The first-order valence-corrected chi connectivity index (χ1v) is 9.76. The van der Waals surface area contributed by atoms with Gasteiger partial charge in [-0.25, -0.2) is 12.7 Å². The highest BCUT2D eigenvalue weighted by molar-refractivity contribution is 7.89. The number of carbonyl (C=O) groups is 2. The average molecular weight is 369 g/mol. The fraction of sp³-hybridized carbons (Fsp3) is 0.529. The number of nitrogens with one attached hydrogen (secondary N) is 1. The van der Waals surface area contributed by atoms with Gasteiger partial charge in [-0.05, 0) is 38.5 Å². The maximum atomic E-state index is 12.2. The van der Waals surface area contributed by atoms with Gasteiger partial charge in [-0.1, -0.05) is 6.07 Å². The molecule has 25 heavy (non-hydrogen) atoms. The minimum absolute atomic E-state index is 0.0679. The zero-order chi connectivity index (χ0) is 19.0. The van der Waals surface area contributed by atoms with Crippen LogP contribution in [0.3, 0.4) is 0 Å². The summed E-state index contributed by atoms with van der Waals surface area (Å²) in [7, 11) is -0.703. The van der Waals surface area contributed by atoms with Crippen LogP contribution in [0.15, 0.2) is 29.2 Å². The summed E-state index contributed by atoms with van der Waals surface area (Å²) >= 11 is 0. The lowest BCUT2D eigenvalue weighted by Crippen LogP contribution is -2.31. The van der Waals surface area contributed by atoms with E-state index in [4.69, 9.17) is 0 Å². The molecule has 8 heteroatoms. The molecule has 0 unspecified atom stereocenters. The molecule has 0 saturated carbocycles. The second kappa shape index (κ2) is 9.53. The molecular formula is C17H27N3O4S. The topological polar surface area (TPSA) is 86.8 Å². The van der Waals surface area contributed by atoms with Crippen LogP contribution < -0.4 is 5.32 Å². The van der Waals surface area contributed by atoms with Crippen molar-refractivity contribution >= 4 is 21.8 Å². The molecule has 0 bridgehead atoms. The fourth-order valence-corrected chi connectivity index (χ4v) is 3.23. The smallest absolute Gasteiger partial charge is 0.251 e. The predicted molar refractivity (Wildman–Crippen MR) is 96.8 cm³/mol. The van der Waals surface area contributed by atoms with Crippen molar-refractivity contribution in [3.63, 3.8) is 0 Å². The van der Waals surface area contributed by atoms with Crippen LogP contribution in [0.2, 0.25) is 0 Å². The van der Waals surface area contributed by atoms with Gasteiger partial charge in [0.1, 0.15) is 0 Å². The first kappa shape index (κ1) is 21.1. The van der Waals surface area contributed by atoms with Crippen LogP contribution in [0, 0.1) is 0 Å². The Labute approximate surface area is 150 Å². The van der Waals surface area contributed by atoms with Gasteiger partial charge in [0.15, 0.2) is 0 Å². The fourth-order valence-electron chi connectivity index (χ4n) is 2.29. The molecule has 0 saturated heterocycles. The van der Waals surface area contributed by atoms with E-state index in [0.717, 1.165) is 4.31 Å². The van der Waals surface area contributed by atoms with Crippen LogP contribution in [0.25, 0.3) is 0 Å². The van der Waals surface area contributed by atoms with Crippen molar-refractivity contribution in [3.05, 3.63) is 29.8 Å². The molecule has 0 aromatic heterocycles. The highest BCUT2D eigenvalue weighted by atomic mass is 32.2. The third kappa shape index (κ3) is 5.82. The van der Waals surface area contributed by atoms with E-state index in [1.807, 2.05) is 13.8 Å². The van der Waals surface area contributed by atoms with Crippen molar-refractivity contribution in [2.75, 3.05) is 33.7 Å².